The first kappa shape index (κ1) is 16.5. The molecule has 0 aliphatic rings. The number of nitrogens with zero attached hydrogens (tertiary/aromatic N) is 3. The van der Waals surface area contributed by atoms with Gasteiger partial charge in [-0.05, 0) is 18.9 Å². The van der Waals surface area contributed by atoms with E-state index in [9.17, 15) is 5.21 Å². The van der Waals surface area contributed by atoms with Gasteiger partial charge in [0.2, 0.25) is 0 Å². The summed E-state index contributed by atoms with van der Waals surface area (Å²) in [7, 11) is 1.64. The SMILES string of the molecule is CCOCc1nc2c[n+](O)c3cccc(OC)c3c2n1CC(C)C. The Bertz CT molecular complexity index is 871. The van der Waals surface area contributed by atoms with E-state index in [0.717, 1.165) is 33.5 Å². The van der Waals surface area contributed by atoms with E-state index in [0.29, 0.717) is 30.4 Å². The molecule has 0 aliphatic carbocycles. The number of pyridine rings is 1. The highest BCUT2D eigenvalue weighted by Crippen LogP contribution is 2.32. The molecule has 0 radical (unpaired) electrons. The van der Waals surface area contributed by atoms with E-state index >= 15 is 0 Å². The maximum atomic E-state index is 10.3. The Kier molecular flexibility index (Phi) is 4.57. The van der Waals surface area contributed by atoms with Crippen LogP contribution in [0.5, 0.6) is 5.75 Å². The Morgan fingerprint density at radius 3 is 2.79 bits per heavy atom. The fourth-order valence-electron chi connectivity index (χ4n) is 3.04. The van der Waals surface area contributed by atoms with Crippen LogP contribution in [-0.4, -0.2) is 28.5 Å². The molecule has 6 heteroatoms. The van der Waals surface area contributed by atoms with Crippen LogP contribution in [0.3, 0.4) is 0 Å². The molecule has 0 atom stereocenters. The van der Waals surface area contributed by atoms with Crippen LogP contribution in [0.4, 0.5) is 0 Å². The highest BCUT2D eigenvalue weighted by molar-refractivity contribution is 6.04. The predicted octanol–water partition coefficient (Wildman–Crippen LogP) is 2.92. The van der Waals surface area contributed by atoms with Crippen molar-refractivity contribution in [2.75, 3.05) is 13.7 Å². The summed E-state index contributed by atoms with van der Waals surface area (Å²) < 4.78 is 14.4. The minimum Gasteiger partial charge on any atom is -0.496 e. The maximum absolute atomic E-state index is 10.3. The average molecular weight is 330 g/mol. The molecule has 0 spiro atoms. The van der Waals surface area contributed by atoms with Gasteiger partial charge in [-0.1, -0.05) is 19.9 Å². The standard InChI is InChI=1S/C18H24N3O3/c1-5-24-11-16-19-13-10-21(22)14-7-6-8-15(23-4)17(14)18(13)20(16)9-12(2)3/h6-8,10,12,22H,5,9,11H2,1-4H3/q+1. The molecule has 1 aromatic carbocycles. The van der Waals surface area contributed by atoms with E-state index in [1.165, 1.54) is 0 Å². The molecule has 3 rings (SSSR count). The van der Waals surface area contributed by atoms with Gasteiger partial charge in [0.15, 0.2) is 5.52 Å². The van der Waals surface area contributed by atoms with Crippen LogP contribution in [0.1, 0.15) is 26.6 Å². The zero-order valence-electron chi connectivity index (χ0n) is 14.6. The third kappa shape index (κ3) is 2.78. The van der Waals surface area contributed by atoms with Crippen LogP contribution in [0.2, 0.25) is 0 Å². The summed E-state index contributed by atoms with van der Waals surface area (Å²) >= 11 is 0. The van der Waals surface area contributed by atoms with Crippen molar-refractivity contribution >= 4 is 21.9 Å². The van der Waals surface area contributed by atoms with E-state index in [4.69, 9.17) is 14.5 Å². The van der Waals surface area contributed by atoms with E-state index in [1.807, 2.05) is 25.1 Å². The number of rotatable bonds is 6. The molecule has 0 saturated heterocycles. The van der Waals surface area contributed by atoms with Crippen molar-refractivity contribution in [3.63, 3.8) is 0 Å². The first-order chi connectivity index (χ1) is 11.6. The quantitative estimate of drug-likeness (QED) is 0.558. The van der Waals surface area contributed by atoms with E-state index < -0.39 is 0 Å². The van der Waals surface area contributed by atoms with Gasteiger partial charge in [-0.25, -0.2) is 4.98 Å². The summed E-state index contributed by atoms with van der Waals surface area (Å²) in [4.78, 5) is 4.69. The largest absolute Gasteiger partial charge is 0.496 e. The van der Waals surface area contributed by atoms with Gasteiger partial charge in [-0.15, -0.1) is 0 Å². The molecule has 0 unspecified atom stereocenters. The Morgan fingerprint density at radius 2 is 2.12 bits per heavy atom. The van der Waals surface area contributed by atoms with E-state index in [1.54, 1.807) is 13.3 Å². The Labute approximate surface area is 141 Å². The molecule has 1 N–H and O–H groups in total. The number of aromatic nitrogens is 3. The van der Waals surface area contributed by atoms with Crippen LogP contribution in [0.25, 0.3) is 21.9 Å². The van der Waals surface area contributed by atoms with E-state index in [-0.39, 0.29) is 0 Å². The second-order valence-corrected chi connectivity index (χ2v) is 6.23. The van der Waals surface area contributed by atoms with Crippen molar-refractivity contribution in [3.8, 4) is 5.75 Å². The van der Waals surface area contributed by atoms with Gasteiger partial charge in [0.1, 0.15) is 23.6 Å². The second-order valence-electron chi connectivity index (χ2n) is 6.23. The summed E-state index contributed by atoms with van der Waals surface area (Å²) in [6, 6.07) is 5.63. The minimum atomic E-state index is 0.444. The summed E-state index contributed by atoms with van der Waals surface area (Å²) in [6.45, 7) is 8.21. The maximum Gasteiger partial charge on any atom is 0.270 e. The van der Waals surface area contributed by atoms with Gasteiger partial charge in [0.25, 0.3) is 11.7 Å². The summed E-state index contributed by atoms with van der Waals surface area (Å²) in [5.74, 6) is 2.03. The van der Waals surface area contributed by atoms with Crippen LogP contribution in [-0.2, 0) is 17.9 Å². The van der Waals surface area contributed by atoms with Gasteiger partial charge in [0.05, 0.1) is 12.6 Å². The lowest BCUT2D eigenvalue weighted by molar-refractivity contribution is -0.883. The van der Waals surface area contributed by atoms with Crippen molar-refractivity contribution in [2.24, 2.45) is 5.92 Å². The third-order valence-corrected chi connectivity index (χ3v) is 4.01. The first-order valence-electron chi connectivity index (χ1n) is 8.24. The lowest BCUT2D eigenvalue weighted by Gasteiger charge is -2.13. The number of hydrogen-bond donors (Lipinski definition) is 1. The highest BCUT2D eigenvalue weighted by atomic mass is 16.5. The fraction of sp³-hybridized carbons (Fsp3) is 0.444. The Balaban J connectivity index is 2.38. The monoisotopic (exact) mass is 330 g/mol. The Morgan fingerprint density at radius 1 is 1.33 bits per heavy atom. The zero-order valence-corrected chi connectivity index (χ0v) is 14.6. The number of imidazole rings is 1. The number of hydrogen-bond acceptors (Lipinski definition) is 4. The van der Waals surface area contributed by atoms with Crippen molar-refractivity contribution < 1.29 is 19.4 Å². The van der Waals surface area contributed by atoms with Gasteiger partial charge in [-0.2, -0.15) is 0 Å². The summed E-state index contributed by atoms with van der Waals surface area (Å²) in [5, 5.41) is 11.2. The average Bonchev–Trinajstić information content (AvgIpc) is 2.89. The molecule has 0 aliphatic heterocycles. The van der Waals surface area contributed by atoms with E-state index in [2.05, 4.69) is 18.4 Å². The molecule has 6 nitrogen and oxygen atoms in total. The van der Waals surface area contributed by atoms with Gasteiger partial charge in [0, 0.05) is 23.9 Å². The molecule has 2 heterocycles. The molecule has 3 aromatic rings. The molecular weight excluding hydrogens is 306 g/mol. The summed E-state index contributed by atoms with van der Waals surface area (Å²) in [5.41, 5.74) is 2.38. The smallest absolute Gasteiger partial charge is 0.270 e. The van der Waals surface area contributed by atoms with Gasteiger partial charge < -0.3 is 14.0 Å². The molecule has 0 saturated carbocycles. The molecule has 0 amide bonds. The Hall–Kier alpha value is -2.34. The molecule has 24 heavy (non-hydrogen) atoms. The number of methoxy groups -OCH3 is 1. The van der Waals surface area contributed by atoms with Crippen molar-refractivity contribution in [1.82, 2.24) is 9.55 Å². The number of benzene rings is 1. The van der Waals surface area contributed by atoms with Crippen LogP contribution in [0, 0.1) is 5.92 Å². The lowest BCUT2D eigenvalue weighted by Crippen LogP contribution is -2.30. The van der Waals surface area contributed by atoms with Crippen LogP contribution in [0.15, 0.2) is 24.4 Å². The zero-order chi connectivity index (χ0) is 17.3. The molecular formula is C18H24N3O3+. The molecule has 0 bridgehead atoms. The summed E-state index contributed by atoms with van der Waals surface area (Å²) in [6.07, 6.45) is 1.64. The van der Waals surface area contributed by atoms with Gasteiger partial charge >= 0.3 is 0 Å². The number of fused-ring (bicyclic) bond motifs is 3. The molecule has 2 aromatic heterocycles. The minimum absolute atomic E-state index is 0.444. The fourth-order valence-corrected chi connectivity index (χ4v) is 3.04. The lowest BCUT2D eigenvalue weighted by atomic mass is 10.1. The van der Waals surface area contributed by atoms with Crippen LogP contribution >= 0.6 is 0 Å². The predicted molar refractivity (Wildman–Crippen MR) is 91.3 cm³/mol. The number of ether oxygens (including phenoxy) is 2. The van der Waals surface area contributed by atoms with Crippen molar-refractivity contribution in [3.05, 3.63) is 30.2 Å². The first-order valence-corrected chi connectivity index (χ1v) is 8.24. The second kappa shape index (κ2) is 6.65. The third-order valence-electron chi connectivity index (χ3n) is 4.01. The normalized spacial score (nSPS) is 11.7. The van der Waals surface area contributed by atoms with Crippen molar-refractivity contribution in [2.45, 2.75) is 33.9 Å². The van der Waals surface area contributed by atoms with Gasteiger partial charge in [-0.3, -0.25) is 5.21 Å². The highest BCUT2D eigenvalue weighted by Gasteiger charge is 2.23. The van der Waals surface area contributed by atoms with Crippen molar-refractivity contribution in [1.29, 1.82) is 0 Å². The topological polar surface area (TPSA) is 60.4 Å². The van der Waals surface area contributed by atoms with Crippen LogP contribution < -0.4 is 9.47 Å². The molecule has 0 fully saturated rings. The molecule has 128 valence electrons.